The molecule has 30 heavy (non-hydrogen) atoms. The average molecular weight is 398 g/mol. The smallest absolute Gasteiger partial charge is 0.277 e. The molecule has 1 atom stereocenters. The standard InChI is InChI=1S/C24H22N4O2/c1-17-11-13-19(14-12-17)23(18-7-3-2-4-8-18)25-22(29)15-16-28-24(30)20-9-5-6-10-21(20)26-27-28/h2-14,23H,15-16H2,1H3,(H,25,29). The third-order valence-corrected chi connectivity index (χ3v) is 5.03. The molecule has 1 amide bonds. The molecule has 0 aliphatic carbocycles. The summed E-state index contributed by atoms with van der Waals surface area (Å²) in [5.74, 6) is -0.161. The zero-order chi connectivity index (χ0) is 20.9. The van der Waals surface area contributed by atoms with E-state index >= 15 is 0 Å². The van der Waals surface area contributed by atoms with Crippen LogP contribution in [0.5, 0.6) is 0 Å². The van der Waals surface area contributed by atoms with E-state index < -0.39 is 0 Å². The first-order chi connectivity index (χ1) is 14.6. The number of amides is 1. The van der Waals surface area contributed by atoms with Crippen LogP contribution in [-0.4, -0.2) is 20.9 Å². The summed E-state index contributed by atoms with van der Waals surface area (Å²) in [4.78, 5) is 25.3. The Hall–Kier alpha value is -3.80. The minimum atomic E-state index is -0.265. The van der Waals surface area contributed by atoms with Crippen molar-refractivity contribution in [2.75, 3.05) is 0 Å². The molecule has 0 aliphatic heterocycles. The maximum absolute atomic E-state index is 12.7. The van der Waals surface area contributed by atoms with Gasteiger partial charge < -0.3 is 5.32 Å². The molecule has 150 valence electrons. The first-order valence-electron chi connectivity index (χ1n) is 9.85. The zero-order valence-electron chi connectivity index (χ0n) is 16.7. The largest absolute Gasteiger partial charge is 0.345 e. The Kier molecular flexibility index (Phi) is 5.66. The fraction of sp³-hybridized carbons (Fsp3) is 0.167. The van der Waals surface area contributed by atoms with Gasteiger partial charge in [0.1, 0.15) is 5.52 Å². The highest BCUT2D eigenvalue weighted by atomic mass is 16.2. The van der Waals surface area contributed by atoms with Crippen LogP contribution >= 0.6 is 0 Å². The highest BCUT2D eigenvalue weighted by Gasteiger charge is 2.17. The van der Waals surface area contributed by atoms with Crippen molar-refractivity contribution in [2.24, 2.45) is 0 Å². The summed E-state index contributed by atoms with van der Waals surface area (Å²) >= 11 is 0. The van der Waals surface area contributed by atoms with Crippen LogP contribution in [0.2, 0.25) is 0 Å². The van der Waals surface area contributed by atoms with Crippen molar-refractivity contribution in [1.82, 2.24) is 20.3 Å². The van der Waals surface area contributed by atoms with Crippen LogP contribution in [0.1, 0.15) is 29.2 Å². The lowest BCUT2D eigenvalue weighted by atomic mass is 9.97. The van der Waals surface area contributed by atoms with E-state index in [0.29, 0.717) is 10.9 Å². The van der Waals surface area contributed by atoms with E-state index in [4.69, 9.17) is 0 Å². The average Bonchev–Trinajstić information content (AvgIpc) is 2.78. The topological polar surface area (TPSA) is 76.9 Å². The molecule has 1 aromatic heterocycles. The molecule has 0 fully saturated rings. The van der Waals surface area contributed by atoms with E-state index in [9.17, 15) is 9.59 Å². The molecular weight excluding hydrogens is 376 g/mol. The molecule has 0 bridgehead atoms. The highest BCUT2D eigenvalue weighted by molar-refractivity contribution is 5.77. The third kappa shape index (κ3) is 4.27. The minimum absolute atomic E-state index is 0.127. The summed E-state index contributed by atoms with van der Waals surface area (Å²) in [6.07, 6.45) is 0.127. The Morgan fingerprint density at radius 1 is 0.933 bits per heavy atom. The quantitative estimate of drug-likeness (QED) is 0.540. The minimum Gasteiger partial charge on any atom is -0.345 e. The molecule has 0 saturated carbocycles. The number of carbonyl (C=O) groups is 1. The monoisotopic (exact) mass is 398 g/mol. The maximum atomic E-state index is 12.7. The second-order valence-corrected chi connectivity index (χ2v) is 7.21. The first-order valence-corrected chi connectivity index (χ1v) is 9.85. The van der Waals surface area contributed by atoms with Gasteiger partial charge in [-0.1, -0.05) is 77.5 Å². The Morgan fingerprint density at radius 3 is 2.37 bits per heavy atom. The molecular formula is C24H22N4O2. The van der Waals surface area contributed by atoms with Crippen LogP contribution in [0.25, 0.3) is 10.9 Å². The van der Waals surface area contributed by atoms with Gasteiger partial charge in [-0.05, 0) is 30.2 Å². The molecule has 0 spiro atoms. The molecule has 0 aliphatic rings. The van der Waals surface area contributed by atoms with Gasteiger partial charge in [0.2, 0.25) is 5.91 Å². The maximum Gasteiger partial charge on any atom is 0.277 e. The SMILES string of the molecule is Cc1ccc(C(NC(=O)CCn2nnc3ccccc3c2=O)c2ccccc2)cc1. The number of fused-ring (bicyclic) bond motifs is 1. The van der Waals surface area contributed by atoms with Crippen LogP contribution in [0.4, 0.5) is 0 Å². The highest BCUT2D eigenvalue weighted by Crippen LogP contribution is 2.22. The number of aryl methyl sites for hydroxylation is 2. The second kappa shape index (κ2) is 8.69. The van der Waals surface area contributed by atoms with Gasteiger partial charge in [0.25, 0.3) is 5.56 Å². The summed E-state index contributed by atoms with van der Waals surface area (Å²) in [6, 6.07) is 24.7. The molecule has 1 unspecified atom stereocenters. The van der Waals surface area contributed by atoms with E-state index in [1.54, 1.807) is 18.2 Å². The van der Waals surface area contributed by atoms with Gasteiger partial charge in [0.05, 0.1) is 18.0 Å². The number of nitrogens with zero attached hydrogens (tertiary/aromatic N) is 3. The number of nitrogens with one attached hydrogen (secondary N) is 1. The number of carbonyl (C=O) groups excluding carboxylic acids is 1. The molecule has 6 nitrogen and oxygen atoms in total. The van der Waals surface area contributed by atoms with Crippen molar-refractivity contribution in [3.05, 3.63) is 106 Å². The lowest BCUT2D eigenvalue weighted by molar-refractivity contribution is -0.121. The summed E-state index contributed by atoms with van der Waals surface area (Å²) in [5.41, 5.74) is 3.46. The van der Waals surface area contributed by atoms with E-state index in [2.05, 4.69) is 15.6 Å². The van der Waals surface area contributed by atoms with Gasteiger partial charge >= 0.3 is 0 Å². The van der Waals surface area contributed by atoms with Crippen LogP contribution in [-0.2, 0) is 11.3 Å². The predicted molar refractivity (Wildman–Crippen MR) is 116 cm³/mol. The van der Waals surface area contributed by atoms with E-state index in [0.717, 1.165) is 16.7 Å². The van der Waals surface area contributed by atoms with Gasteiger partial charge in [-0.3, -0.25) is 9.59 Å². The van der Waals surface area contributed by atoms with Crippen molar-refractivity contribution < 1.29 is 4.79 Å². The molecule has 1 heterocycles. The number of aromatic nitrogens is 3. The van der Waals surface area contributed by atoms with E-state index in [1.807, 2.05) is 67.6 Å². The summed E-state index contributed by atoms with van der Waals surface area (Å²) in [5, 5.41) is 11.6. The Bertz CT molecular complexity index is 1220. The van der Waals surface area contributed by atoms with Crippen LogP contribution in [0.15, 0.2) is 83.7 Å². The molecule has 1 N–H and O–H groups in total. The lowest BCUT2D eigenvalue weighted by Crippen LogP contribution is -2.32. The predicted octanol–water partition coefficient (Wildman–Crippen LogP) is 3.40. The lowest BCUT2D eigenvalue weighted by Gasteiger charge is -2.20. The molecule has 0 saturated heterocycles. The van der Waals surface area contributed by atoms with Gasteiger partial charge in [0.15, 0.2) is 0 Å². The fourth-order valence-electron chi connectivity index (χ4n) is 3.37. The second-order valence-electron chi connectivity index (χ2n) is 7.21. The van der Waals surface area contributed by atoms with Crippen LogP contribution in [0, 0.1) is 6.92 Å². The van der Waals surface area contributed by atoms with E-state index in [-0.39, 0.29) is 30.5 Å². The first kappa shape index (κ1) is 19.5. The third-order valence-electron chi connectivity index (χ3n) is 5.03. The molecule has 3 aromatic carbocycles. The summed E-state index contributed by atoms with van der Waals surface area (Å²) < 4.78 is 1.24. The number of hydrogen-bond acceptors (Lipinski definition) is 4. The summed E-state index contributed by atoms with van der Waals surface area (Å²) in [6.45, 7) is 2.19. The van der Waals surface area contributed by atoms with Crippen molar-refractivity contribution >= 4 is 16.8 Å². The Balaban J connectivity index is 1.51. The molecule has 4 rings (SSSR count). The van der Waals surface area contributed by atoms with Crippen molar-refractivity contribution in [1.29, 1.82) is 0 Å². The van der Waals surface area contributed by atoms with E-state index in [1.165, 1.54) is 4.68 Å². The van der Waals surface area contributed by atoms with Gasteiger partial charge in [-0.15, -0.1) is 5.10 Å². The molecule has 4 aromatic rings. The fourth-order valence-corrected chi connectivity index (χ4v) is 3.37. The van der Waals surface area contributed by atoms with Crippen molar-refractivity contribution in [3.8, 4) is 0 Å². The van der Waals surface area contributed by atoms with Gasteiger partial charge in [0, 0.05) is 6.42 Å². The Morgan fingerprint density at radius 2 is 1.60 bits per heavy atom. The summed E-state index contributed by atoms with van der Waals surface area (Å²) in [7, 11) is 0. The molecule has 6 heteroatoms. The van der Waals surface area contributed by atoms with Gasteiger partial charge in [-0.2, -0.15) is 0 Å². The Labute approximate surface area is 174 Å². The molecule has 0 radical (unpaired) electrons. The zero-order valence-corrected chi connectivity index (χ0v) is 16.7. The number of hydrogen-bond donors (Lipinski definition) is 1. The normalized spacial score (nSPS) is 11.9. The van der Waals surface area contributed by atoms with Crippen LogP contribution < -0.4 is 10.9 Å². The van der Waals surface area contributed by atoms with Crippen LogP contribution in [0.3, 0.4) is 0 Å². The van der Waals surface area contributed by atoms with Gasteiger partial charge in [-0.25, -0.2) is 4.68 Å². The number of rotatable bonds is 6. The number of benzene rings is 3. The van der Waals surface area contributed by atoms with Crippen molar-refractivity contribution in [3.63, 3.8) is 0 Å². The van der Waals surface area contributed by atoms with Crippen molar-refractivity contribution in [2.45, 2.75) is 25.9 Å².